The Hall–Kier alpha value is -2.69. The van der Waals surface area contributed by atoms with Gasteiger partial charge >= 0.3 is 6.03 Å². The number of hydrogen-bond acceptors (Lipinski definition) is 2. The number of amides is 3. The zero-order valence-corrected chi connectivity index (χ0v) is 12.2. The highest BCUT2D eigenvalue weighted by molar-refractivity contribution is 6.13. The summed E-state index contributed by atoms with van der Waals surface area (Å²) in [6, 6.07) is 9.89. The van der Waals surface area contributed by atoms with E-state index in [2.05, 4.69) is 16.7 Å². The van der Waals surface area contributed by atoms with Crippen molar-refractivity contribution in [3.8, 4) is 11.1 Å². The number of fused-ring (bicyclic) bond motifs is 5. The van der Waals surface area contributed by atoms with E-state index in [0.717, 1.165) is 29.5 Å². The van der Waals surface area contributed by atoms with Crippen molar-refractivity contribution in [2.24, 2.45) is 0 Å². The number of carbonyl (C=O) groups is 2. The molecule has 1 atom stereocenters. The van der Waals surface area contributed by atoms with Gasteiger partial charge in [0.2, 0.25) is 0 Å². The molecular weight excluding hydrogens is 295 g/mol. The minimum Gasteiger partial charge on any atom is -0.316 e. The summed E-state index contributed by atoms with van der Waals surface area (Å²) in [7, 11) is 0. The van der Waals surface area contributed by atoms with Gasteiger partial charge in [0, 0.05) is 5.56 Å². The van der Waals surface area contributed by atoms with E-state index in [1.165, 1.54) is 17.7 Å². The van der Waals surface area contributed by atoms with Gasteiger partial charge in [-0.2, -0.15) is 0 Å². The zero-order chi connectivity index (χ0) is 15.8. The highest BCUT2D eigenvalue weighted by Gasteiger charge is 2.55. The summed E-state index contributed by atoms with van der Waals surface area (Å²) in [5, 5.41) is 5.04. The van der Waals surface area contributed by atoms with E-state index in [-0.39, 0.29) is 0 Å². The minimum absolute atomic E-state index is 0.424. The average Bonchev–Trinajstić information content (AvgIpc) is 3.28. The van der Waals surface area contributed by atoms with Crippen LogP contribution in [0, 0.1) is 5.82 Å². The molecule has 2 N–H and O–H groups in total. The van der Waals surface area contributed by atoms with Crippen molar-refractivity contribution in [3.05, 3.63) is 58.9 Å². The Morgan fingerprint density at radius 2 is 1.70 bits per heavy atom. The predicted molar refractivity (Wildman–Crippen MR) is 81.3 cm³/mol. The second-order valence-corrected chi connectivity index (χ2v) is 6.43. The molecule has 1 saturated heterocycles. The first-order valence-electron chi connectivity index (χ1n) is 7.68. The number of halogens is 1. The summed E-state index contributed by atoms with van der Waals surface area (Å²) < 4.78 is 13.8. The highest BCUT2D eigenvalue weighted by Crippen LogP contribution is 2.51. The molecule has 1 unspecified atom stereocenters. The zero-order valence-electron chi connectivity index (χ0n) is 12.2. The number of imide groups is 1. The van der Waals surface area contributed by atoms with Gasteiger partial charge in [0.1, 0.15) is 5.82 Å². The van der Waals surface area contributed by atoms with Crippen LogP contribution in [-0.4, -0.2) is 11.9 Å². The molecule has 2 aliphatic carbocycles. The third-order valence-electron chi connectivity index (χ3n) is 5.04. The van der Waals surface area contributed by atoms with E-state index in [1.54, 1.807) is 6.07 Å². The fraction of sp³-hybridized carbons (Fsp3) is 0.222. The number of urea groups is 1. The average molecular weight is 308 g/mol. The Morgan fingerprint density at radius 3 is 2.35 bits per heavy atom. The van der Waals surface area contributed by atoms with Gasteiger partial charge in [-0.1, -0.05) is 24.3 Å². The van der Waals surface area contributed by atoms with Crippen molar-refractivity contribution < 1.29 is 14.0 Å². The molecule has 2 aromatic rings. The molecule has 1 heterocycles. The van der Waals surface area contributed by atoms with Gasteiger partial charge in [0.05, 0.1) is 0 Å². The van der Waals surface area contributed by atoms with Crippen LogP contribution in [0.2, 0.25) is 0 Å². The summed E-state index contributed by atoms with van der Waals surface area (Å²) in [6.07, 6.45) is 2.29. The lowest BCUT2D eigenvalue weighted by atomic mass is 9.86. The molecule has 114 valence electrons. The first kappa shape index (κ1) is 12.8. The van der Waals surface area contributed by atoms with Crippen LogP contribution >= 0.6 is 0 Å². The topological polar surface area (TPSA) is 58.2 Å². The molecule has 4 nitrogen and oxygen atoms in total. The van der Waals surface area contributed by atoms with Gasteiger partial charge in [-0.3, -0.25) is 10.1 Å². The lowest BCUT2D eigenvalue weighted by Gasteiger charge is -2.23. The smallest absolute Gasteiger partial charge is 0.316 e. The second-order valence-electron chi connectivity index (χ2n) is 6.43. The number of carbonyl (C=O) groups excluding carboxylic acids is 2. The third-order valence-corrected chi connectivity index (χ3v) is 5.04. The summed E-state index contributed by atoms with van der Waals surface area (Å²) in [5.41, 5.74) is 2.78. The predicted octanol–water partition coefficient (Wildman–Crippen LogP) is 2.77. The fourth-order valence-corrected chi connectivity index (χ4v) is 3.82. The van der Waals surface area contributed by atoms with Crippen LogP contribution in [0.25, 0.3) is 11.1 Å². The van der Waals surface area contributed by atoms with Crippen LogP contribution in [-0.2, 0) is 10.3 Å². The minimum atomic E-state index is -1.31. The maximum atomic E-state index is 13.8. The maximum absolute atomic E-state index is 13.8. The largest absolute Gasteiger partial charge is 0.322 e. The van der Waals surface area contributed by atoms with Gasteiger partial charge < -0.3 is 5.32 Å². The Morgan fingerprint density at radius 1 is 1.00 bits per heavy atom. The summed E-state index contributed by atoms with van der Waals surface area (Å²) in [5.74, 6) is -0.341. The van der Waals surface area contributed by atoms with Crippen molar-refractivity contribution in [1.29, 1.82) is 0 Å². The molecule has 2 fully saturated rings. The van der Waals surface area contributed by atoms with Crippen molar-refractivity contribution in [1.82, 2.24) is 10.6 Å². The Bertz CT molecular complexity index is 904. The van der Waals surface area contributed by atoms with Crippen LogP contribution in [0.3, 0.4) is 0 Å². The van der Waals surface area contributed by atoms with Crippen LogP contribution in [0.4, 0.5) is 9.18 Å². The number of benzene rings is 2. The summed E-state index contributed by atoms with van der Waals surface area (Å²) in [4.78, 5) is 24.4. The van der Waals surface area contributed by atoms with Crippen LogP contribution in [0.15, 0.2) is 36.4 Å². The van der Waals surface area contributed by atoms with Crippen molar-refractivity contribution in [2.45, 2.75) is 24.3 Å². The normalized spacial score (nSPS) is 24.4. The van der Waals surface area contributed by atoms with E-state index in [0.29, 0.717) is 11.5 Å². The lowest BCUT2D eigenvalue weighted by Crippen LogP contribution is -2.43. The Balaban J connectivity index is 1.83. The second kappa shape index (κ2) is 3.98. The van der Waals surface area contributed by atoms with Gasteiger partial charge in [-0.05, 0) is 53.1 Å². The fourth-order valence-electron chi connectivity index (χ4n) is 3.82. The third kappa shape index (κ3) is 1.54. The van der Waals surface area contributed by atoms with E-state index >= 15 is 0 Å². The van der Waals surface area contributed by atoms with Crippen LogP contribution in [0.5, 0.6) is 0 Å². The number of nitrogens with one attached hydrogen (secondary N) is 2. The summed E-state index contributed by atoms with van der Waals surface area (Å²) >= 11 is 0. The Labute approximate surface area is 131 Å². The van der Waals surface area contributed by atoms with Crippen molar-refractivity contribution in [2.75, 3.05) is 0 Å². The molecule has 2 aromatic carbocycles. The molecule has 0 aromatic heterocycles. The SMILES string of the molecule is O=C1NC(=O)C2(N1)c1cc(F)ccc1-c1ccc(C3CC3)cc12. The molecule has 1 saturated carbocycles. The first-order chi connectivity index (χ1) is 11.1. The standard InChI is InChI=1S/C18H13FN2O2/c19-11-4-6-13-12-5-3-10(9-1-2-9)7-14(12)18(15(13)8-11)16(22)20-17(23)21-18/h3-9H,1-2H2,(H2,20,21,22,23). The first-order valence-corrected chi connectivity index (χ1v) is 7.68. The van der Waals surface area contributed by atoms with E-state index in [1.807, 2.05) is 12.1 Å². The Kier molecular flexibility index (Phi) is 2.22. The molecule has 0 radical (unpaired) electrons. The van der Waals surface area contributed by atoms with Crippen LogP contribution in [0.1, 0.15) is 35.4 Å². The van der Waals surface area contributed by atoms with Gasteiger partial charge in [0.15, 0.2) is 5.54 Å². The quantitative estimate of drug-likeness (QED) is 0.796. The van der Waals surface area contributed by atoms with Gasteiger partial charge in [-0.15, -0.1) is 0 Å². The molecule has 3 aliphatic rings. The van der Waals surface area contributed by atoms with E-state index in [4.69, 9.17) is 0 Å². The maximum Gasteiger partial charge on any atom is 0.322 e. The van der Waals surface area contributed by atoms with Gasteiger partial charge in [-0.25, -0.2) is 9.18 Å². The molecule has 5 rings (SSSR count). The molecular formula is C18H13FN2O2. The molecule has 0 bridgehead atoms. The lowest BCUT2D eigenvalue weighted by molar-refractivity contribution is -0.122. The van der Waals surface area contributed by atoms with E-state index < -0.39 is 23.3 Å². The molecule has 5 heteroatoms. The van der Waals surface area contributed by atoms with Gasteiger partial charge in [0.25, 0.3) is 5.91 Å². The molecule has 23 heavy (non-hydrogen) atoms. The van der Waals surface area contributed by atoms with Crippen LogP contribution < -0.4 is 10.6 Å². The molecule has 1 spiro atoms. The summed E-state index contributed by atoms with van der Waals surface area (Å²) in [6.45, 7) is 0. The monoisotopic (exact) mass is 308 g/mol. The highest BCUT2D eigenvalue weighted by atomic mass is 19.1. The van der Waals surface area contributed by atoms with E-state index in [9.17, 15) is 14.0 Å². The van der Waals surface area contributed by atoms with Crippen molar-refractivity contribution >= 4 is 11.9 Å². The number of hydrogen-bond donors (Lipinski definition) is 2. The molecule has 3 amide bonds. The number of rotatable bonds is 1. The van der Waals surface area contributed by atoms with Crippen molar-refractivity contribution in [3.63, 3.8) is 0 Å². The molecule has 1 aliphatic heterocycles.